The maximum absolute atomic E-state index is 13.8. The van der Waals surface area contributed by atoms with Crippen LogP contribution in [0.25, 0.3) is 5.76 Å². The van der Waals surface area contributed by atoms with E-state index in [4.69, 9.17) is 28.9 Å². The maximum Gasteiger partial charge on any atom is 0.255 e. The number of phenols is 1. The van der Waals surface area contributed by atoms with Crippen LogP contribution in [0.5, 0.6) is 5.75 Å². The Labute approximate surface area is 227 Å². The van der Waals surface area contributed by atoms with Crippen molar-refractivity contribution in [1.82, 2.24) is 4.90 Å². The Balaban J connectivity index is 1.88. The number of alkyl halides is 1. The topological polar surface area (TPSA) is 190 Å². The van der Waals surface area contributed by atoms with Crippen LogP contribution in [0.15, 0.2) is 23.0 Å². The molecule has 38 heavy (non-hydrogen) atoms. The van der Waals surface area contributed by atoms with Crippen molar-refractivity contribution < 1.29 is 39.6 Å². The number of amides is 2. The van der Waals surface area contributed by atoms with E-state index in [1.165, 1.54) is 25.1 Å². The summed E-state index contributed by atoms with van der Waals surface area (Å²) in [5.74, 6) is -7.82. The van der Waals surface area contributed by atoms with Gasteiger partial charge in [0.05, 0.1) is 16.6 Å². The second-order valence-electron chi connectivity index (χ2n) is 9.92. The number of nitrogens with two attached hydrogens (primary N) is 1. The van der Waals surface area contributed by atoms with E-state index in [1.807, 2.05) is 0 Å². The highest BCUT2D eigenvalue weighted by Crippen LogP contribution is 2.54. The van der Waals surface area contributed by atoms with Gasteiger partial charge in [0.2, 0.25) is 11.7 Å². The predicted octanol–water partition coefficient (Wildman–Crippen LogP) is 1.57. The fraction of sp³-hybridized carbons (Fsp3) is 0.440. The number of aliphatic hydroxyl groups is 3. The molecule has 0 bridgehead atoms. The highest BCUT2D eigenvalue weighted by Gasteiger charge is 2.64. The Kier molecular flexibility index (Phi) is 7.26. The smallest absolute Gasteiger partial charge is 0.255 e. The number of phenolic OH excluding ortho intramolecular Hbond substituents is 1. The van der Waals surface area contributed by atoms with Gasteiger partial charge in [0.15, 0.2) is 17.1 Å². The highest BCUT2D eigenvalue weighted by atomic mass is 35.5. The highest BCUT2D eigenvalue weighted by molar-refractivity contribution is 6.34. The lowest BCUT2D eigenvalue weighted by molar-refractivity contribution is -0.153. The molecular formula is C25H27Cl2N3O8. The van der Waals surface area contributed by atoms with Crippen LogP contribution in [-0.2, 0) is 25.6 Å². The number of halogens is 2. The number of benzene rings is 1. The number of Topliss-reactive ketones (excluding diaryl/α,β-unsaturated/α-hetero) is 2. The lowest BCUT2D eigenvalue weighted by Gasteiger charge is -2.50. The van der Waals surface area contributed by atoms with Crippen molar-refractivity contribution in [3.8, 4) is 5.75 Å². The quantitative estimate of drug-likeness (QED) is 0.168. The Morgan fingerprint density at radius 1 is 1.24 bits per heavy atom. The lowest BCUT2D eigenvalue weighted by Crippen LogP contribution is -2.65. The number of likely N-dealkylation sites (N-methyl/N-ethyl adjacent to an activating group) is 1. The van der Waals surface area contributed by atoms with Crippen molar-refractivity contribution in [3.05, 3.63) is 39.1 Å². The summed E-state index contributed by atoms with van der Waals surface area (Å²) in [7, 11) is 3.04. The number of hydrogen-bond donors (Lipinski definition) is 6. The van der Waals surface area contributed by atoms with Crippen molar-refractivity contribution in [2.75, 3.05) is 25.3 Å². The Morgan fingerprint density at radius 3 is 2.47 bits per heavy atom. The largest absolute Gasteiger partial charge is 0.508 e. The van der Waals surface area contributed by atoms with Gasteiger partial charge in [-0.1, -0.05) is 11.6 Å². The average Bonchev–Trinajstić information content (AvgIpc) is 2.82. The molecule has 204 valence electrons. The molecule has 1 saturated carbocycles. The summed E-state index contributed by atoms with van der Waals surface area (Å²) in [5, 5.41) is 47.2. The van der Waals surface area contributed by atoms with Gasteiger partial charge in [-0.2, -0.15) is 0 Å². The van der Waals surface area contributed by atoms with Crippen molar-refractivity contribution in [2.45, 2.75) is 37.3 Å². The SMILES string of the molecule is CN(C)[C@@H]1C(=O)C(C(N)=O)=C(O)[C@@]2(O)C(=O)C3=C(O)c4c(cc(Cl)c(NC(=O)CCCCl)c4O)CC3CC12. The number of nitrogens with one attached hydrogen (secondary N) is 1. The number of aliphatic hydroxyl groups excluding tert-OH is 2. The van der Waals surface area contributed by atoms with Crippen LogP contribution >= 0.6 is 23.2 Å². The molecule has 0 heterocycles. The molecule has 7 N–H and O–H groups in total. The number of nitrogens with zero attached hydrogens (tertiary/aromatic N) is 1. The fourth-order valence-corrected chi connectivity index (χ4v) is 6.21. The maximum atomic E-state index is 13.8. The fourth-order valence-electron chi connectivity index (χ4n) is 5.81. The molecule has 11 nitrogen and oxygen atoms in total. The normalized spacial score (nSPS) is 26.7. The predicted molar refractivity (Wildman–Crippen MR) is 138 cm³/mol. The molecule has 3 aliphatic rings. The van der Waals surface area contributed by atoms with Crippen LogP contribution in [0.4, 0.5) is 5.69 Å². The number of carbonyl (C=O) groups excluding carboxylic acids is 4. The number of anilines is 1. The molecule has 1 aromatic carbocycles. The van der Waals surface area contributed by atoms with E-state index in [2.05, 4.69) is 5.32 Å². The third-order valence-corrected chi connectivity index (χ3v) is 8.03. The Bertz CT molecular complexity index is 1340. The third kappa shape index (κ3) is 4.05. The zero-order valence-corrected chi connectivity index (χ0v) is 22.1. The molecule has 2 amide bonds. The van der Waals surface area contributed by atoms with Crippen molar-refractivity contribution in [3.63, 3.8) is 0 Å². The number of hydrogen-bond acceptors (Lipinski definition) is 9. The molecule has 4 rings (SSSR count). The zero-order valence-electron chi connectivity index (χ0n) is 20.5. The molecule has 13 heteroatoms. The molecule has 4 atom stereocenters. The van der Waals surface area contributed by atoms with Crippen molar-refractivity contribution in [2.24, 2.45) is 17.6 Å². The first-order valence-electron chi connectivity index (χ1n) is 11.8. The van der Waals surface area contributed by atoms with Crippen molar-refractivity contribution >= 4 is 58.0 Å². The van der Waals surface area contributed by atoms with E-state index in [0.29, 0.717) is 12.0 Å². The number of primary amides is 1. The number of carbonyl (C=O) groups is 4. The lowest BCUT2D eigenvalue weighted by atomic mass is 9.57. The van der Waals surface area contributed by atoms with E-state index >= 15 is 0 Å². The minimum absolute atomic E-state index is 0.000976. The summed E-state index contributed by atoms with van der Waals surface area (Å²) in [5.41, 5.74) is 1.43. The van der Waals surface area contributed by atoms with E-state index in [-0.39, 0.29) is 47.0 Å². The van der Waals surface area contributed by atoms with Crippen LogP contribution in [0.1, 0.15) is 30.4 Å². The van der Waals surface area contributed by atoms with Gasteiger partial charge in [-0.25, -0.2) is 0 Å². The van der Waals surface area contributed by atoms with Gasteiger partial charge in [-0.3, -0.25) is 24.1 Å². The molecular weight excluding hydrogens is 541 g/mol. The summed E-state index contributed by atoms with van der Waals surface area (Å²) in [4.78, 5) is 52.6. The summed E-state index contributed by atoms with van der Waals surface area (Å²) < 4.78 is 0. The number of ketones is 2. The van der Waals surface area contributed by atoms with Gasteiger partial charge < -0.3 is 31.5 Å². The molecule has 1 aromatic rings. The zero-order chi connectivity index (χ0) is 28.3. The van der Waals surface area contributed by atoms with E-state index in [1.54, 1.807) is 0 Å². The summed E-state index contributed by atoms with van der Waals surface area (Å²) in [6, 6.07) is 0.277. The molecule has 0 saturated heterocycles. The van der Waals surface area contributed by atoms with Gasteiger partial charge >= 0.3 is 0 Å². The van der Waals surface area contributed by atoms with Crippen LogP contribution in [-0.4, -0.2) is 80.3 Å². The van der Waals surface area contributed by atoms with Gasteiger partial charge in [0.1, 0.15) is 22.8 Å². The molecule has 0 spiro atoms. The summed E-state index contributed by atoms with van der Waals surface area (Å²) >= 11 is 12.0. The van der Waals surface area contributed by atoms with Crippen LogP contribution in [0.2, 0.25) is 5.02 Å². The van der Waals surface area contributed by atoms with E-state index in [9.17, 15) is 39.6 Å². The number of rotatable bonds is 6. The van der Waals surface area contributed by atoms with Crippen molar-refractivity contribution in [1.29, 1.82) is 0 Å². The van der Waals surface area contributed by atoms with Crippen LogP contribution in [0.3, 0.4) is 0 Å². The third-order valence-electron chi connectivity index (χ3n) is 7.47. The Hall–Kier alpha value is -3.12. The molecule has 1 fully saturated rings. The molecule has 0 aliphatic heterocycles. The molecule has 3 aliphatic carbocycles. The minimum atomic E-state index is -2.73. The summed E-state index contributed by atoms with van der Waals surface area (Å²) in [6.45, 7) is 0. The first kappa shape index (κ1) is 27.9. The van der Waals surface area contributed by atoms with Gasteiger partial charge in [0, 0.05) is 23.8 Å². The van der Waals surface area contributed by atoms with Crippen LogP contribution in [0, 0.1) is 11.8 Å². The van der Waals surface area contributed by atoms with Crippen LogP contribution < -0.4 is 11.1 Å². The second kappa shape index (κ2) is 9.88. The molecule has 0 radical (unpaired) electrons. The van der Waals surface area contributed by atoms with E-state index in [0.717, 1.165) is 0 Å². The molecule has 2 unspecified atom stereocenters. The first-order chi connectivity index (χ1) is 17.8. The first-order valence-corrected chi connectivity index (χ1v) is 12.7. The Morgan fingerprint density at radius 2 is 1.89 bits per heavy atom. The number of fused-ring (bicyclic) bond motifs is 3. The minimum Gasteiger partial charge on any atom is -0.508 e. The summed E-state index contributed by atoms with van der Waals surface area (Å²) in [6.07, 6.45) is 0.476. The molecule has 0 aromatic heterocycles. The van der Waals surface area contributed by atoms with Gasteiger partial charge in [-0.15, -0.1) is 11.6 Å². The average molecular weight is 568 g/mol. The van der Waals surface area contributed by atoms with Gasteiger partial charge in [-0.05, 0) is 50.9 Å². The second-order valence-corrected chi connectivity index (χ2v) is 10.7. The van der Waals surface area contributed by atoms with Gasteiger partial charge in [0.25, 0.3) is 5.91 Å². The number of aromatic hydroxyl groups is 1. The monoisotopic (exact) mass is 567 g/mol. The standard InChI is InChI=1S/C25H27Cl2N3O8/c1-30(2)18-11-7-9-6-10-8-12(27)17(29-13(31)4-3-5-26)20(33)14(10)19(32)15(9)22(35)25(11,38)23(36)16(21(18)34)24(28)37/h8-9,11,18,32-33,36,38H,3-7H2,1-2H3,(H2,28,37)(H,29,31)/t9?,11?,18-,25-/m0/s1. The van der Waals surface area contributed by atoms with E-state index < -0.39 is 69.7 Å².